The largest absolute Gasteiger partial charge is 0.356 e. The van der Waals surface area contributed by atoms with E-state index >= 15 is 0 Å². The highest BCUT2D eigenvalue weighted by Crippen LogP contribution is 2.23. The predicted octanol–water partition coefficient (Wildman–Crippen LogP) is 2.34. The van der Waals surface area contributed by atoms with Crippen molar-refractivity contribution in [3.8, 4) is 0 Å². The molecule has 4 nitrogen and oxygen atoms in total. The molecule has 1 aromatic heterocycles. The number of aromatic nitrogens is 2. The van der Waals surface area contributed by atoms with E-state index in [9.17, 15) is 0 Å². The zero-order chi connectivity index (χ0) is 13.8. The molecule has 0 unspecified atom stereocenters. The molecule has 0 atom stereocenters. The van der Waals surface area contributed by atoms with Crippen LogP contribution in [0.5, 0.6) is 0 Å². The lowest BCUT2D eigenvalue weighted by Gasteiger charge is -2.32. The van der Waals surface area contributed by atoms with Crippen LogP contribution in [0.2, 0.25) is 0 Å². The Labute approximate surface area is 116 Å². The summed E-state index contributed by atoms with van der Waals surface area (Å²) in [5.41, 5.74) is 6.90. The van der Waals surface area contributed by atoms with Gasteiger partial charge in [0.2, 0.25) is 0 Å². The van der Waals surface area contributed by atoms with Gasteiger partial charge >= 0.3 is 0 Å². The van der Waals surface area contributed by atoms with Crippen molar-refractivity contribution >= 4 is 5.82 Å². The molecule has 0 amide bonds. The molecule has 1 fully saturated rings. The minimum atomic E-state index is 0.381. The molecule has 2 N–H and O–H groups in total. The van der Waals surface area contributed by atoms with Crippen molar-refractivity contribution in [2.75, 3.05) is 24.5 Å². The van der Waals surface area contributed by atoms with Crippen molar-refractivity contribution in [3.63, 3.8) is 0 Å². The number of aryl methyl sites for hydroxylation is 1. The van der Waals surface area contributed by atoms with Gasteiger partial charge in [-0.2, -0.15) is 0 Å². The first-order chi connectivity index (χ1) is 9.13. The van der Waals surface area contributed by atoms with E-state index in [0.29, 0.717) is 11.8 Å². The normalized spacial score (nSPS) is 17.2. The minimum absolute atomic E-state index is 0.381. The predicted molar refractivity (Wildman–Crippen MR) is 79.5 cm³/mol. The van der Waals surface area contributed by atoms with Crippen LogP contribution in [0.15, 0.2) is 6.07 Å². The Bertz CT molecular complexity index is 409. The summed E-state index contributed by atoms with van der Waals surface area (Å²) in [7, 11) is 0. The van der Waals surface area contributed by atoms with Gasteiger partial charge in [-0.25, -0.2) is 9.97 Å². The summed E-state index contributed by atoms with van der Waals surface area (Å²) < 4.78 is 0. The summed E-state index contributed by atoms with van der Waals surface area (Å²) in [5, 5.41) is 0. The molecule has 4 heteroatoms. The molecule has 0 spiro atoms. The van der Waals surface area contributed by atoms with Gasteiger partial charge in [-0.1, -0.05) is 20.8 Å². The van der Waals surface area contributed by atoms with Crippen molar-refractivity contribution in [3.05, 3.63) is 17.6 Å². The molecule has 2 heterocycles. The van der Waals surface area contributed by atoms with Gasteiger partial charge in [0.25, 0.3) is 0 Å². The third-order valence-electron chi connectivity index (χ3n) is 3.93. The Morgan fingerprint density at radius 2 is 2.00 bits per heavy atom. The molecule has 1 aliphatic heterocycles. The van der Waals surface area contributed by atoms with E-state index in [1.807, 2.05) is 0 Å². The number of hydrogen-bond donors (Lipinski definition) is 1. The van der Waals surface area contributed by atoms with E-state index in [2.05, 4.69) is 36.7 Å². The van der Waals surface area contributed by atoms with Crippen molar-refractivity contribution in [2.45, 2.75) is 46.0 Å². The van der Waals surface area contributed by atoms with Crippen molar-refractivity contribution in [1.29, 1.82) is 0 Å². The Kier molecular flexibility index (Phi) is 4.75. The first-order valence-electron chi connectivity index (χ1n) is 7.46. The SMILES string of the molecule is CCc1cc(N2CCC(CN)CC2)nc(C(C)C)n1. The molecule has 106 valence electrons. The van der Waals surface area contributed by atoms with Crippen LogP contribution in [0, 0.1) is 5.92 Å². The second-order valence-electron chi connectivity index (χ2n) is 5.75. The topological polar surface area (TPSA) is 55.0 Å². The average Bonchev–Trinajstić information content (AvgIpc) is 2.46. The van der Waals surface area contributed by atoms with E-state index in [1.54, 1.807) is 0 Å². The third kappa shape index (κ3) is 3.44. The van der Waals surface area contributed by atoms with Crippen LogP contribution in [-0.4, -0.2) is 29.6 Å². The van der Waals surface area contributed by atoms with E-state index < -0.39 is 0 Å². The molecule has 1 aromatic rings. The molecule has 0 bridgehead atoms. The van der Waals surface area contributed by atoms with Gasteiger partial charge in [0.1, 0.15) is 11.6 Å². The molecule has 2 rings (SSSR count). The van der Waals surface area contributed by atoms with Gasteiger partial charge in [0.15, 0.2) is 0 Å². The first kappa shape index (κ1) is 14.3. The first-order valence-corrected chi connectivity index (χ1v) is 7.46. The Hall–Kier alpha value is -1.16. The highest BCUT2D eigenvalue weighted by atomic mass is 15.2. The zero-order valence-electron chi connectivity index (χ0n) is 12.4. The summed E-state index contributed by atoms with van der Waals surface area (Å²) in [5.74, 6) is 3.14. The smallest absolute Gasteiger partial charge is 0.133 e. The van der Waals surface area contributed by atoms with Gasteiger partial charge in [-0.3, -0.25) is 0 Å². The monoisotopic (exact) mass is 262 g/mol. The maximum atomic E-state index is 5.75. The Morgan fingerprint density at radius 1 is 1.32 bits per heavy atom. The van der Waals surface area contributed by atoms with Crippen LogP contribution >= 0.6 is 0 Å². The van der Waals surface area contributed by atoms with Crippen LogP contribution in [0.1, 0.15) is 51.0 Å². The number of anilines is 1. The lowest BCUT2D eigenvalue weighted by molar-refractivity contribution is 0.412. The fourth-order valence-electron chi connectivity index (χ4n) is 2.50. The van der Waals surface area contributed by atoms with E-state index in [0.717, 1.165) is 43.4 Å². The number of hydrogen-bond acceptors (Lipinski definition) is 4. The highest BCUT2D eigenvalue weighted by molar-refractivity contribution is 5.40. The van der Waals surface area contributed by atoms with Gasteiger partial charge in [0, 0.05) is 30.8 Å². The highest BCUT2D eigenvalue weighted by Gasteiger charge is 2.20. The van der Waals surface area contributed by atoms with E-state index in [1.165, 1.54) is 12.8 Å². The van der Waals surface area contributed by atoms with Crippen LogP contribution < -0.4 is 10.6 Å². The molecule has 0 saturated carbocycles. The van der Waals surface area contributed by atoms with E-state index in [-0.39, 0.29) is 0 Å². The number of rotatable bonds is 4. The number of nitrogens with zero attached hydrogens (tertiary/aromatic N) is 3. The second-order valence-corrected chi connectivity index (χ2v) is 5.75. The summed E-state index contributed by atoms with van der Waals surface area (Å²) in [6.07, 6.45) is 3.33. The summed E-state index contributed by atoms with van der Waals surface area (Å²) >= 11 is 0. The quantitative estimate of drug-likeness (QED) is 0.905. The third-order valence-corrected chi connectivity index (χ3v) is 3.93. The standard InChI is InChI=1S/C15H26N4/c1-4-13-9-14(18-15(17-13)11(2)3)19-7-5-12(10-16)6-8-19/h9,11-12H,4-8,10,16H2,1-3H3. The summed E-state index contributed by atoms with van der Waals surface area (Å²) in [6.45, 7) is 9.41. The summed E-state index contributed by atoms with van der Waals surface area (Å²) in [6, 6.07) is 2.15. The number of piperidine rings is 1. The minimum Gasteiger partial charge on any atom is -0.356 e. The fraction of sp³-hybridized carbons (Fsp3) is 0.733. The molecular formula is C15H26N4. The van der Waals surface area contributed by atoms with Crippen molar-refractivity contribution < 1.29 is 0 Å². The second kappa shape index (κ2) is 6.33. The summed E-state index contributed by atoms with van der Waals surface area (Å²) in [4.78, 5) is 11.7. The fourth-order valence-corrected chi connectivity index (χ4v) is 2.50. The van der Waals surface area contributed by atoms with Gasteiger partial charge in [0.05, 0.1) is 0 Å². The van der Waals surface area contributed by atoms with Gasteiger partial charge in [-0.15, -0.1) is 0 Å². The molecular weight excluding hydrogens is 236 g/mol. The molecule has 19 heavy (non-hydrogen) atoms. The Morgan fingerprint density at radius 3 is 2.53 bits per heavy atom. The zero-order valence-corrected chi connectivity index (χ0v) is 12.4. The maximum absolute atomic E-state index is 5.75. The molecule has 1 aliphatic rings. The van der Waals surface area contributed by atoms with Gasteiger partial charge in [-0.05, 0) is 31.7 Å². The molecule has 0 aromatic carbocycles. The van der Waals surface area contributed by atoms with Crippen molar-refractivity contribution in [2.24, 2.45) is 11.7 Å². The molecule has 0 radical (unpaired) electrons. The van der Waals surface area contributed by atoms with Crippen LogP contribution in [0.4, 0.5) is 5.82 Å². The van der Waals surface area contributed by atoms with Crippen LogP contribution in [0.25, 0.3) is 0 Å². The molecule has 0 aliphatic carbocycles. The Balaban J connectivity index is 2.17. The van der Waals surface area contributed by atoms with Crippen LogP contribution in [-0.2, 0) is 6.42 Å². The van der Waals surface area contributed by atoms with Crippen molar-refractivity contribution in [1.82, 2.24) is 9.97 Å². The van der Waals surface area contributed by atoms with Crippen LogP contribution in [0.3, 0.4) is 0 Å². The van der Waals surface area contributed by atoms with E-state index in [4.69, 9.17) is 10.7 Å². The number of nitrogens with two attached hydrogens (primary N) is 1. The molecule has 1 saturated heterocycles. The lowest BCUT2D eigenvalue weighted by Crippen LogP contribution is -2.36. The average molecular weight is 262 g/mol. The lowest BCUT2D eigenvalue weighted by atomic mass is 9.97. The maximum Gasteiger partial charge on any atom is 0.133 e. The van der Waals surface area contributed by atoms with Gasteiger partial charge < -0.3 is 10.6 Å².